The second-order valence-corrected chi connectivity index (χ2v) is 5.05. The fraction of sp³-hybridized carbons (Fsp3) is 0.429. The minimum atomic E-state index is 0.166. The van der Waals surface area contributed by atoms with E-state index in [0.717, 1.165) is 6.61 Å². The standard InChI is InChI=1S/C14H18O/c1-14(2,3)12-8-6-11(7-9-12)13-5-4-10-15-13/h4-9,13H,10H2,1-3H3. The van der Waals surface area contributed by atoms with E-state index in [1.165, 1.54) is 11.1 Å². The van der Waals surface area contributed by atoms with Gasteiger partial charge in [0.2, 0.25) is 0 Å². The van der Waals surface area contributed by atoms with Crippen molar-refractivity contribution in [3.63, 3.8) is 0 Å². The lowest BCUT2D eigenvalue weighted by atomic mass is 9.86. The normalized spacial score (nSPS) is 20.9. The van der Waals surface area contributed by atoms with Gasteiger partial charge in [-0.3, -0.25) is 0 Å². The average Bonchev–Trinajstić information content (AvgIpc) is 2.69. The summed E-state index contributed by atoms with van der Waals surface area (Å²) < 4.78 is 5.55. The van der Waals surface area contributed by atoms with Gasteiger partial charge in [-0.15, -0.1) is 0 Å². The fourth-order valence-electron chi connectivity index (χ4n) is 1.77. The lowest BCUT2D eigenvalue weighted by Crippen LogP contribution is -2.11. The van der Waals surface area contributed by atoms with Gasteiger partial charge in [0, 0.05) is 0 Å². The lowest BCUT2D eigenvalue weighted by Gasteiger charge is -2.19. The van der Waals surface area contributed by atoms with Crippen LogP contribution in [0.5, 0.6) is 0 Å². The molecule has 0 saturated heterocycles. The molecule has 0 N–H and O–H groups in total. The third-order valence-electron chi connectivity index (χ3n) is 2.79. The van der Waals surface area contributed by atoms with Crippen LogP contribution in [0.2, 0.25) is 0 Å². The average molecular weight is 202 g/mol. The maximum Gasteiger partial charge on any atom is 0.101 e. The van der Waals surface area contributed by atoms with E-state index in [-0.39, 0.29) is 11.5 Å². The second-order valence-electron chi connectivity index (χ2n) is 5.05. The zero-order valence-electron chi connectivity index (χ0n) is 9.66. The Morgan fingerprint density at radius 3 is 2.27 bits per heavy atom. The first-order chi connectivity index (χ1) is 7.07. The Labute approximate surface area is 91.8 Å². The van der Waals surface area contributed by atoms with Crippen LogP contribution in [0, 0.1) is 0 Å². The van der Waals surface area contributed by atoms with Gasteiger partial charge >= 0.3 is 0 Å². The quantitative estimate of drug-likeness (QED) is 0.632. The van der Waals surface area contributed by atoms with E-state index in [1.807, 2.05) is 0 Å². The number of benzene rings is 1. The maximum atomic E-state index is 5.55. The molecule has 0 saturated carbocycles. The Morgan fingerprint density at radius 1 is 1.13 bits per heavy atom. The molecule has 0 aliphatic carbocycles. The van der Waals surface area contributed by atoms with Gasteiger partial charge in [0.1, 0.15) is 6.10 Å². The van der Waals surface area contributed by atoms with Gasteiger partial charge in [0.15, 0.2) is 0 Å². The first-order valence-corrected chi connectivity index (χ1v) is 5.46. The van der Waals surface area contributed by atoms with Crippen molar-refractivity contribution in [2.75, 3.05) is 6.61 Å². The van der Waals surface area contributed by atoms with E-state index < -0.39 is 0 Å². The summed E-state index contributed by atoms with van der Waals surface area (Å²) in [6.07, 6.45) is 4.35. The van der Waals surface area contributed by atoms with Crippen LogP contribution in [0.1, 0.15) is 38.0 Å². The minimum Gasteiger partial charge on any atom is -0.365 e. The summed E-state index contributed by atoms with van der Waals surface area (Å²) >= 11 is 0. The van der Waals surface area contributed by atoms with E-state index in [4.69, 9.17) is 4.74 Å². The van der Waals surface area contributed by atoms with Crippen LogP contribution in [-0.4, -0.2) is 6.61 Å². The van der Waals surface area contributed by atoms with E-state index in [2.05, 4.69) is 57.2 Å². The van der Waals surface area contributed by atoms with E-state index in [0.29, 0.717) is 0 Å². The SMILES string of the molecule is CC(C)(C)c1ccc(C2C=CCO2)cc1. The van der Waals surface area contributed by atoms with Gasteiger partial charge in [-0.1, -0.05) is 57.2 Å². The Hall–Kier alpha value is -1.08. The molecule has 2 rings (SSSR count). The van der Waals surface area contributed by atoms with Gasteiger partial charge in [0.05, 0.1) is 6.61 Å². The number of hydrogen-bond acceptors (Lipinski definition) is 1. The van der Waals surface area contributed by atoms with Crippen molar-refractivity contribution in [3.05, 3.63) is 47.5 Å². The molecule has 1 nitrogen and oxygen atoms in total. The first kappa shape index (κ1) is 10.4. The van der Waals surface area contributed by atoms with Crippen LogP contribution in [0.3, 0.4) is 0 Å². The van der Waals surface area contributed by atoms with Crippen LogP contribution in [0.15, 0.2) is 36.4 Å². The highest BCUT2D eigenvalue weighted by Gasteiger charge is 2.15. The van der Waals surface area contributed by atoms with Crippen molar-refractivity contribution in [1.82, 2.24) is 0 Å². The molecule has 1 unspecified atom stereocenters. The summed E-state index contributed by atoms with van der Waals surface area (Å²) in [6.45, 7) is 7.43. The predicted molar refractivity (Wildman–Crippen MR) is 63.0 cm³/mol. The maximum absolute atomic E-state index is 5.55. The summed E-state index contributed by atoms with van der Waals surface area (Å²) in [6, 6.07) is 8.73. The first-order valence-electron chi connectivity index (χ1n) is 5.46. The van der Waals surface area contributed by atoms with Crippen molar-refractivity contribution in [1.29, 1.82) is 0 Å². The molecule has 1 aromatic carbocycles. The number of rotatable bonds is 1. The summed E-state index contributed by atoms with van der Waals surface area (Å²) in [7, 11) is 0. The Bertz CT molecular complexity index is 354. The molecule has 1 atom stereocenters. The van der Waals surface area contributed by atoms with Crippen LogP contribution < -0.4 is 0 Å². The number of hydrogen-bond donors (Lipinski definition) is 0. The van der Waals surface area contributed by atoms with Crippen LogP contribution in [0.25, 0.3) is 0 Å². The van der Waals surface area contributed by atoms with E-state index >= 15 is 0 Å². The highest BCUT2D eigenvalue weighted by atomic mass is 16.5. The minimum absolute atomic E-state index is 0.166. The Morgan fingerprint density at radius 2 is 1.80 bits per heavy atom. The van der Waals surface area contributed by atoms with Crippen LogP contribution in [-0.2, 0) is 10.2 Å². The van der Waals surface area contributed by atoms with Gasteiger partial charge in [-0.25, -0.2) is 0 Å². The van der Waals surface area contributed by atoms with Gasteiger partial charge in [-0.2, -0.15) is 0 Å². The Kier molecular flexibility index (Phi) is 2.66. The van der Waals surface area contributed by atoms with E-state index in [9.17, 15) is 0 Å². The predicted octanol–water partition coefficient (Wildman–Crippen LogP) is 3.61. The molecule has 0 bridgehead atoms. The molecule has 1 aromatic rings. The summed E-state index contributed by atoms with van der Waals surface area (Å²) in [5.74, 6) is 0. The molecule has 0 amide bonds. The van der Waals surface area contributed by atoms with Crippen molar-refractivity contribution < 1.29 is 4.74 Å². The third-order valence-corrected chi connectivity index (χ3v) is 2.79. The van der Waals surface area contributed by atoms with Gasteiger partial charge in [-0.05, 0) is 16.5 Å². The third kappa shape index (κ3) is 2.29. The van der Waals surface area contributed by atoms with Crippen LogP contribution in [0.4, 0.5) is 0 Å². The highest BCUT2D eigenvalue weighted by molar-refractivity contribution is 5.30. The largest absolute Gasteiger partial charge is 0.365 e. The monoisotopic (exact) mass is 202 g/mol. The topological polar surface area (TPSA) is 9.23 Å². The fourth-order valence-corrected chi connectivity index (χ4v) is 1.77. The summed E-state index contributed by atoms with van der Waals surface area (Å²) in [5.41, 5.74) is 2.84. The van der Waals surface area contributed by atoms with Crippen molar-refractivity contribution >= 4 is 0 Å². The molecule has 0 spiro atoms. The Balaban J connectivity index is 2.20. The molecule has 1 heterocycles. The molecule has 0 aromatic heterocycles. The molecule has 80 valence electrons. The van der Waals surface area contributed by atoms with Crippen LogP contribution >= 0.6 is 0 Å². The molecule has 1 aliphatic heterocycles. The smallest absolute Gasteiger partial charge is 0.101 e. The van der Waals surface area contributed by atoms with Gasteiger partial charge in [0.25, 0.3) is 0 Å². The summed E-state index contributed by atoms with van der Waals surface area (Å²) in [5, 5.41) is 0. The molecule has 0 radical (unpaired) electrons. The van der Waals surface area contributed by atoms with E-state index in [1.54, 1.807) is 0 Å². The lowest BCUT2D eigenvalue weighted by molar-refractivity contribution is 0.129. The molecule has 1 aliphatic rings. The molecular weight excluding hydrogens is 184 g/mol. The molecular formula is C14H18O. The zero-order valence-corrected chi connectivity index (χ0v) is 9.66. The number of ether oxygens (including phenoxy) is 1. The highest BCUT2D eigenvalue weighted by Crippen LogP contribution is 2.27. The van der Waals surface area contributed by atoms with Crippen molar-refractivity contribution in [2.45, 2.75) is 32.3 Å². The molecule has 1 heteroatoms. The van der Waals surface area contributed by atoms with Crippen molar-refractivity contribution in [3.8, 4) is 0 Å². The van der Waals surface area contributed by atoms with Gasteiger partial charge < -0.3 is 4.74 Å². The zero-order chi connectivity index (χ0) is 10.9. The molecule has 15 heavy (non-hydrogen) atoms. The molecule has 0 fully saturated rings. The van der Waals surface area contributed by atoms with Crippen molar-refractivity contribution in [2.24, 2.45) is 0 Å². The summed E-state index contributed by atoms with van der Waals surface area (Å²) in [4.78, 5) is 0. The second kappa shape index (κ2) is 3.82.